The third-order valence-electron chi connectivity index (χ3n) is 2.25. The zero-order valence-corrected chi connectivity index (χ0v) is 8.81. The lowest BCUT2D eigenvalue weighted by molar-refractivity contribution is -0.131. The number of nitrogens with one attached hydrogen (secondary N) is 1. The Hall–Kier alpha value is -1.85. The van der Waals surface area contributed by atoms with Crippen molar-refractivity contribution < 1.29 is 19.5 Å². The van der Waals surface area contributed by atoms with Crippen LogP contribution in [-0.2, 0) is 9.59 Å². The molecule has 0 unspecified atom stereocenters. The SMILES string of the molecule is O=C(O)/C=C/C(=O)NC(=O)N1CCCCC1. The summed E-state index contributed by atoms with van der Waals surface area (Å²) >= 11 is 0. The first kappa shape index (κ1) is 12.2. The van der Waals surface area contributed by atoms with Crippen molar-refractivity contribution in [1.82, 2.24) is 10.2 Å². The molecule has 0 aromatic heterocycles. The van der Waals surface area contributed by atoms with Gasteiger partial charge in [-0.2, -0.15) is 0 Å². The minimum Gasteiger partial charge on any atom is -0.478 e. The molecule has 1 rings (SSSR count). The minimum atomic E-state index is -1.22. The molecule has 1 heterocycles. The molecule has 1 aliphatic heterocycles. The summed E-state index contributed by atoms with van der Waals surface area (Å²) in [4.78, 5) is 34.2. The number of imide groups is 1. The monoisotopic (exact) mass is 226 g/mol. The number of aliphatic carboxylic acids is 1. The Morgan fingerprint density at radius 1 is 1.06 bits per heavy atom. The number of rotatable bonds is 2. The van der Waals surface area contributed by atoms with Gasteiger partial charge in [0.2, 0.25) is 0 Å². The lowest BCUT2D eigenvalue weighted by Gasteiger charge is -2.26. The fraction of sp³-hybridized carbons (Fsp3) is 0.500. The van der Waals surface area contributed by atoms with E-state index in [2.05, 4.69) is 5.32 Å². The van der Waals surface area contributed by atoms with Gasteiger partial charge in [0, 0.05) is 25.2 Å². The van der Waals surface area contributed by atoms with Crippen molar-refractivity contribution in [2.75, 3.05) is 13.1 Å². The van der Waals surface area contributed by atoms with Gasteiger partial charge >= 0.3 is 12.0 Å². The van der Waals surface area contributed by atoms with Crippen LogP contribution in [0.15, 0.2) is 12.2 Å². The number of hydrogen-bond donors (Lipinski definition) is 2. The van der Waals surface area contributed by atoms with E-state index in [1.54, 1.807) is 4.90 Å². The predicted molar refractivity (Wildman–Crippen MR) is 55.7 cm³/mol. The molecule has 16 heavy (non-hydrogen) atoms. The fourth-order valence-electron chi connectivity index (χ4n) is 1.47. The molecular weight excluding hydrogens is 212 g/mol. The zero-order chi connectivity index (χ0) is 12.0. The van der Waals surface area contributed by atoms with Crippen LogP contribution in [0.2, 0.25) is 0 Å². The molecule has 0 atom stereocenters. The average Bonchev–Trinajstić information content (AvgIpc) is 2.27. The number of carboxylic acids is 1. The Balaban J connectivity index is 2.38. The lowest BCUT2D eigenvalue weighted by Crippen LogP contribution is -2.44. The highest BCUT2D eigenvalue weighted by atomic mass is 16.4. The number of piperidine rings is 1. The average molecular weight is 226 g/mol. The van der Waals surface area contributed by atoms with E-state index in [-0.39, 0.29) is 0 Å². The number of likely N-dealkylation sites (tertiary alicyclic amines) is 1. The van der Waals surface area contributed by atoms with Gasteiger partial charge in [0.1, 0.15) is 0 Å². The van der Waals surface area contributed by atoms with Gasteiger partial charge in [-0.3, -0.25) is 10.1 Å². The van der Waals surface area contributed by atoms with Crippen LogP contribution in [0.25, 0.3) is 0 Å². The van der Waals surface area contributed by atoms with Gasteiger partial charge in [-0.05, 0) is 19.3 Å². The van der Waals surface area contributed by atoms with E-state index in [9.17, 15) is 14.4 Å². The van der Waals surface area contributed by atoms with Crippen LogP contribution in [-0.4, -0.2) is 41.0 Å². The third-order valence-corrected chi connectivity index (χ3v) is 2.25. The summed E-state index contributed by atoms with van der Waals surface area (Å²) in [6, 6.07) is -0.459. The highest BCUT2D eigenvalue weighted by Gasteiger charge is 2.17. The summed E-state index contributed by atoms with van der Waals surface area (Å²) in [5, 5.41) is 10.4. The fourth-order valence-corrected chi connectivity index (χ4v) is 1.47. The van der Waals surface area contributed by atoms with Crippen LogP contribution in [0.5, 0.6) is 0 Å². The van der Waals surface area contributed by atoms with Crippen LogP contribution in [0.3, 0.4) is 0 Å². The minimum absolute atomic E-state index is 0.459. The lowest BCUT2D eigenvalue weighted by atomic mass is 10.1. The van der Waals surface area contributed by atoms with Crippen LogP contribution in [0.1, 0.15) is 19.3 Å². The van der Waals surface area contributed by atoms with Crippen LogP contribution in [0, 0.1) is 0 Å². The molecule has 0 bridgehead atoms. The largest absolute Gasteiger partial charge is 0.478 e. The van der Waals surface area contributed by atoms with Gasteiger partial charge in [-0.15, -0.1) is 0 Å². The van der Waals surface area contributed by atoms with Gasteiger partial charge in [-0.1, -0.05) is 0 Å². The third kappa shape index (κ3) is 4.12. The second kappa shape index (κ2) is 5.89. The molecule has 2 N–H and O–H groups in total. The summed E-state index contributed by atoms with van der Waals surface area (Å²) in [6.45, 7) is 1.28. The summed E-state index contributed by atoms with van der Waals surface area (Å²) in [5.74, 6) is -1.93. The number of nitrogens with zero attached hydrogens (tertiary/aromatic N) is 1. The van der Waals surface area contributed by atoms with Gasteiger partial charge in [0.25, 0.3) is 5.91 Å². The number of carbonyl (C=O) groups is 3. The molecule has 1 aliphatic rings. The molecule has 0 aliphatic carbocycles. The Bertz CT molecular complexity index is 319. The van der Waals surface area contributed by atoms with Crippen LogP contribution in [0.4, 0.5) is 4.79 Å². The first-order valence-electron chi connectivity index (χ1n) is 5.10. The maximum Gasteiger partial charge on any atom is 0.328 e. The van der Waals surface area contributed by atoms with Gasteiger partial charge < -0.3 is 10.0 Å². The van der Waals surface area contributed by atoms with E-state index in [4.69, 9.17) is 5.11 Å². The summed E-state index contributed by atoms with van der Waals surface area (Å²) in [6.07, 6.45) is 4.48. The topological polar surface area (TPSA) is 86.7 Å². The number of urea groups is 1. The van der Waals surface area contributed by atoms with E-state index >= 15 is 0 Å². The van der Waals surface area contributed by atoms with E-state index in [0.29, 0.717) is 19.2 Å². The van der Waals surface area contributed by atoms with E-state index in [1.807, 2.05) is 0 Å². The Morgan fingerprint density at radius 2 is 1.69 bits per heavy atom. The predicted octanol–water partition coefficient (Wildman–Crippen LogP) is 0.349. The number of hydrogen-bond acceptors (Lipinski definition) is 3. The zero-order valence-electron chi connectivity index (χ0n) is 8.81. The standard InChI is InChI=1S/C10H14N2O4/c13-8(4-5-9(14)15)11-10(16)12-6-2-1-3-7-12/h4-5H,1-3,6-7H2,(H,14,15)(H,11,13,16)/b5-4+. The number of amides is 3. The van der Waals surface area contributed by atoms with Crippen LogP contribution < -0.4 is 5.32 Å². The molecule has 0 radical (unpaired) electrons. The van der Waals surface area contributed by atoms with Crippen molar-refractivity contribution in [1.29, 1.82) is 0 Å². The maximum absolute atomic E-state index is 11.5. The van der Waals surface area contributed by atoms with Crippen molar-refractivity contribution in [3.8, 4) is 0 Å². The molecule has 1 fully saturated rings. The molecule has 0 aromatic rings. The van der Waals surface area contributed by atoms with Crippen molar-refractivity contribution in [2.24, 2.45) is 0 Å². The van der Waals surface area contributed by atoms with Gasteiger partial charge in [-0.25, -0.2) is 9.59 Å². The highest BCUT2D eigenvalue weighted by Crippen LogP contribution is 2.08. The number of carboxylic acid groups (broad SMARTS) is 1. The smallest absolute Gasteiger partial charge is 0.328 e. The second-order valence-electron chi connectivity index (χ2n) is 3.51. The molecule has 6 heteroatoms. The van der Waals surface area contributed by atoms with Crippen LogP contribution >= 0.6 is 0 Å². The normalized spacial score (nSPS) is 16.1. The van der Waals surface area contributed by atoms with Crippen molar-refractivity contribution in [3.63, 3.8) is 0 Å². The Morgan fingerprint density at radius 3 is 2.25 bits per heavy atom. The van der Waals surface area contributed by atoms with E-state index in [1.165, 1.54) is 0 Å². The highest BCUT2D eigenvalue weighted by molar-refractivity contribution is 6.02. The molecule has 0 aromatic carbocycles. The first-order valence-corrected chi connectivity index (χ1v) is 5.10. The second-order valence-corrected chi connectivity index (χ2v) is 3.51. The molecule has 0 saturated carbocycles. The molecule has 6 nitrogen and oxygen atoms in total. The number of carbonyl (C=O) groups excluding carboxylic acids is 2. The van der Waals surface area contributed by atoms with E-state index < -0.39 is 17.9 Å². The summed E-state index contributed by atoms with van der Waals surface area (Å²) < 4.78 is 0. The van der Waals surface area contributed by atoms with Crippen molar-refractivity contribution in [2.45, 2.75) is 19.3 Å². The first-order chi connectivity index (χ1) is 7.59. The molecule has 88 valence electrons. The quantitative estimate of drug-likeness (QED) is 0.665. The van der Waals surface area contributed by atoms with Gasteiger partial charge in [0.15, 0.2) is 0 Å². The molecule has 1 saturated heterocycles. The van der Waals surface area contributed by atoms with E-state index in [0.717, 1.165) is 25.3 Å². The van der Waals surface area contributed by atoms with Crippen molar-refractivity contribution >= 4 is 17.9 Å². The maximum atomic E-state index is 11.5. The Labute approximate surface area is 92.9 Å². The molecule has 3 amide bonds. The molecular formula is C10H14N2O4. The summed E-state index contributed by atoms with van der Waals surface area (Å²) in [5.41, 5.74) is 0. The summed E-state index contributed by atoms with van der Waals surface area (Å²) in [7, 11) is 0. The molecule has 0 spiro atoms. The Kier molecular flexibility index (Phi) is 4.50. The van der Waals surface area contributed by atoms with Gasteiger partial charge in [0.05, 0.1) is 0 Å². The van der Waals surface area contributed by atoms with Crippen molar-refractivity contribution in [3.05, 3.63) is 12.2 Å².